The van der Waals surface area contributed by atoms with E-state index < -0.39 is 0 Å². The molecule has 2 aromatic rings. The Morgan fingerprint density at radius 3 is 2.36 bits per heavy atom. The molecule has 28 heavy (non-hydrogen) atoms. The Morgan fingerprint density at radius 2 is 1.75 bits per heavy atom. The van der Waals surface area contributed by atoms with E-state index in [9.17, 15) is 4.79 Å². The van der Waals surface area contributed by atoms with Crippen LogP contribution in [-0.2, 0) is 6.54 Å². The summed E-state index contributed by atoms with van der Waals surface area (Å²) in [5, 5.41) is 8.51. The van der Waals surface area contributed by atoms with Gasteiger partial charge in [0.15, 0.2) is 17.3 Å². The molecule has 1 aromatic heterocycles. The zero-order valence-electron chi connectivity index (χ0n) is 17.4. The van der Waals surface area contributed by atoms with E-state index in [2.05, 4.69) is 28.6 Å². The lowest BCUT2D eigenvalue weighted by atomic mass is 10.0. The van der Waals surface area contributed by atoms with Crippen molar-refractivity contribution in [1.29, 1.82) is 0 Å². The van der Waals surface area contributed by atoms with Gasteiger partial charge in [0.25, 0.3) is 5.91 Å². The maximum Gasteiger partial charge on any atom is 0.258 e. The SMILES string of the molecule is COc1cc(OC)c(C(=O)N2Cc3nnc(C)n3[C@@H](CC(C)C)C2)cc1OC. The third-order valence-corrected chi connectivity index (χ3v) is 5.03. The summed E-state index contributed by atoms with van der Waals surface area (Å²) in [5.41, 5.74) is 0.438. The number of aryl methyl sites for hydroxylation is 1. The molecule has 0 fully saturated rings. The van der Waals surface area contributed by atoms with Crippen LogP contribution in [0.5, 0.6) is 17.2 Å². The summed E-state index contributed by atoms with van der Waals surface area (Å²) in [4.78, 5) is 15.2. The number of aromatic nitrogens is 3. The summed E-state index contributed by atoms with van der Waals surface area (Å²) < 4.78 is 18.3. The quantitative estimate of drug-likeness (QED) is 0.757. The standard InChI is InChI=1S/C20H28N4O4/c1-12(2)7-14-10-23(11-19-22-21-13(3)24(14)19)20(25)15-8-17(27-5)18(28-6)9-16(15)26-4/h8-9,12,14H,7,10-11H2,1-6H3/t14-/m0/s1. The molecule has 3 rings (SSSR count). The van der Waals surface area contributed by atoms with E-state index in [1.54, 1.807) is 31.3 Å². The highest BCUT2D eigenvalue weighted by molar-refractivity contribution is 5.98. The number of methoxy groups -OCH3 is 3. The lowest BCUT2D eigenvalue weighted by Crippen LogP contribution is -2.42. The molecule has 2 heterocycles. The number of hydrogen-bond acceptors (Lipinski definition) is 6. The molecule has 0 radical (unpaired) electrons. The first-order valence-electron chi connectivity index (χ1n) is 9.39. The monoisotopic (exact) mass is 388 g/mol. The molecule has 1 aliphatic rings. The minimum Gasteiger partial charge on any atom is -0.496 e. The van der Waals surface area contributed by atoms with Gasteiger partial charge in [-0.05, 0) is 19.3 Å². The molecule has 1 aliphatic heterocycles. The van der Waals surface area contributed by atoms with Crippen molar-refractivity contribution in [3.8, 4) is 17.2 Å². The molecular formula is C20H28N4O4. The Bertz CT molecular complexity index is 862. The minimum atomic E-state index is -0.126. The van der Waals surface area contributed by atoms with Crippen LogP contribution in [0.3, 0.4) is 0 Å². The van der Waals surface area contributed by atoms with Gasteiger partial charge in [0.05, 0.1) is 39.5 Å². The molecule has 0 saturated heterocycles. The van der Waals surface area contributed by atoms with Crippen LogP contribution in [0, 0.1) is 12.8 Å². The number of carbonyl (C=O) groups is 1. The second kappa shape index (κ2) is 8.08. The highest BCUT2D eigenvalue weighted by atomic mass is 16.5. The Labute approximate surface area is 165 Å². The molecule has 0 spiro atoms. The van der Waals surface area contributed by atoms with Gasteiger partial charge >= 0.3 is 0 Å². The van der Waals surface area contributed by atoms with Gasteiger partial charge in [-0.2, -0.15) is 0 Å². The van der Waals surface area contributed by atoms with Crippen LogP contribution in [0.4, 0.5) is 0 Å². The van der Waals surface area contributed by atoms with Crippen molar-refractivity contribution in [3.05, 3.63) is 29.3 Å². The molecule has 152 valence electrons. The van der Waals surface area contributed by atoms with E-state index in [-0.39, 0.29) is 11.9 Å². The minimum absolute atomic E-state index is 0.126. The van der Waals surface area contributed by atoms with Crippen LogP contribution >= 0.6 is 0 Å². The van der Waals surface area contributed by atoms with Crippen LogP contribution in [-0.4, -0.2) is 53.4 Å². The van der Waals surface area contributed by atoms with Crippen molar-refractivity contribution in [2.45, 2.75) is 39.8 Å². The zero-order chi connectivity index (χ0) is 20.4. The van der Waals surface area contributed by atoms with Crippen LogP contribution in [0.2, 0.25) is 0 Å². The molecule has 0 bridgehead atoms. The van der Waals surface area contributed by atoms with Gasteiger partial charge in [0.2, 0.25) is 0 Å². The highest BCUT2D eigenvalue weighted by Gasteiger charge is 2.33. The average molecular weight is 388 g/mol. The lowest BCUT2D eigenvalue weighted by molar-refractivity contribution is 0.0657. The normalized spacial score (nSPS) is 16.1. The zero-order valence-corrected chi connectivity index (χ0v) is 17.4. The molecule has 1 aromatic carbocycles. The summed E-state index contributed by atoms with van der Waals surface area (Å²) in [6.07, 6.45) is 0.943. The van der Waals surface area contributed by atoms with E-state index in [0.717, 1.165) is 18.1 Å². The van der Waals surface area contributed by atoms with Crippen molar-refractivity contribution in [3.63, 3.8) is 0 Å². The Balaban J connectivity index is 1.97. The Hall–Kier alpha value is -2.77. The molecule has 0 aliphatic carbocycles. The van der Waals surface area contributed by atoms with E-state index in [1.165, 1.54) is 7.11 Å². The fraction of sp³-hybridized carbons (Fsp3) is 0.550. The number of rotatable bonds is 6. The highest BCUT2D eigenvalue weighted by Crippen LogP contribution is 2.36. The molecule has 8 heteroatoms. The number of nitrogens with zero attached hydrogens (tertiary/aromatic N) is 4. The van der Waals surface area contributed by atoms with E-state index in [1.807, 2.05) is 6.92 Å². The number of ether oxygens (including phenoxy) is 3. The molecule has 1 atom stereocenters. The molecule has 0 unspecified atom stereocenters. The van der Waals surface area contributed by atoms with Gasteiger partial charge in [-0.15, -0.1) is 10.2 Å². The summed E-state index contributed by atoms with van der Waals surface area (Å²) >= 11 is 0. The topological polar surface area (TPSA) is 78.7 Å². The fourth-order valence-electron chi connectivity index (χ4n) is 3.81. The maximum absolute atomic E-state index is 13.4. The summed E-state index contributed by atoms with van der Waals surface area (Å²) in [6.45, 7) is 7.32. The number of benzene rings is 1. The molecule has 1 amide bonds. The summed E-state index contributed by atoms with van der Waals surface area (Å²) in [5.74, 6) is 3.51. The van der Waals surface area contributed by atoms with E-state index in [4.69, 9.17) is 14.2 Å². The number of fused-ring (bicyclic) bond motifs is 1. The molecule has 0 saturated carbocycles. The van der Waals surface area contributed by atoms with Crippen molar-refractivity contribution in [2.24, 2.45) is 5.92 Å². The number of carbonyl (C=O) groups excluding carboxylic acids is 1. The second-order valence-electron chi connectivity index (χ2n) is 7.41. The van der Waals surface area contributed by atoms with Crippen molar-refractivity contribution in [2.75, 3.05) is 27.9 Å². The van der Waals surface area contributed by atoms with Crippen LogP contribution in [0.15, 0.2) is 12.1 Å². The number of hydrogen-bond donors (Lipinski definition) is 0. The first-order valence-corrected chi connectivity index (χ1v) is 9.39. The van der Waals surface area contributed by atoms with Gasteiger partial charge in [-0.3, -0.25) is 4.79 Å². The smallest absolute Gasteiger partial charge is 0.258 e. The van der Waals surface area contributed by atoms with Crippen molar-refractivity contribution >= 4 is 5.91 Å². The Kier molecular flexibility index (Phi) is 5.76. The predicted octanol–water partition coefficient (Wildman–Crippen LogP) is 2.86. The fourth-order valence-corrected chi connectivity index (χ4v) is 3.81. The molecule has 8 nitrogen and oxygen atoms in total. The summed E-state index contributed by atoms with van der Waals surface area (Å²) in [7, 11) is 4.63. The van der Waals surface area contributed by atoms with Crippen molar-refractivity contribution < 1.29 is 19.0 Å². The first-order chi connectivity index (χ1) is 13.4. The van der Waals surface area contributed by atoms with E-state index >= 15 is 0 Å². The third-order valence-electron chi connectivity index (χ3n) is 5.03. The number of amides is 1. The largest absolute Gasteiger partial charge is 0.496 e. The predicted molar refractivity (Wildman–Crippen MR) is 104 cm³/mol. The average Bonchev–Trinajstić information content (AvgIpc) is 3.06. The third kappa shape index (κ3) is 3.63. The Morgan fingerprint density at radius 1 is 1.11 bits per heavy atom. The molecule has 0 N–H and O–H groups in total. The van der Waals surface area contributed by atoms with Gasteiger partial charge in [0.1, 0.15) is 11.6 Å². The second-order valence-corrected chi connectivity index (χ2v) is 7.41. The van der Waals surface area contributed by atoms with Gasteiger partial charge in [0, 0.05) is 18.7 Å². The van der Waals surface area contributed by atoms with Crippen LogP contribution < -0.4 is 14.2 Å². The first kappa shape index (κ1) is 20.0. The lowest BCUT2D eigenvalue weighted by Gasteiger charge is -2.35. The molecular weight excluding hydrogens is 360 g/mol. The van der Waals surface area contributed by atoms with Crippen molar-refractivity contribution in [1.82, 2.24) is 19.7 Å². The maximum atomic E-state index is 13.4. The van der Waals surface area contributed by atoms with Crippen LogP contribution in [0.1, 0.15) is 48.3 Å². The summed E-state index contributed by atoms with van der Waals surface area (Å²) in [6, 6.07) is 3.49. The van der Waals surface area contributed by atoms with Gasteiger partial charge in [-0.1, -0.05) is 13.8 Å². The van der Waals surface area contributed by atoms with Gasteiger partial charge in [-0.25, -0.2) is 0 Å². The van der Waals surface area contributed by atoms with E-state index in [0.29, 0.717) is 41.8 Å². The van der Waals surface area contributed by atoms with Crippen LogP contribution in [0.25, 0.3) is 0 Å². The van der Waals surface area contributed by atoms with Gasteiger partial charge < -0.3 is 23.7 Å².